The topological polar surface area (TPSA) is 146 Å². The Morgan fingerprint density at radius 2 is 0.771 bits per heavy atom. The smallest absolute Gasteiger partial charge is 0.302 e. The Morgan fingerprint density at radius 1 is 0.543 bits per heavy atom. The second kappa shape index (κ2) is 12.4. The first-order valence-electron chi connectivity index (χ1n) is 10.7. The summed E-state index contributed by atoms with van der Waals surface area (Å²) in [5.74, 6) is -2.43. The van der Waals surface area contributed by atoms with E-state index in [4.69, 9.17) is 18.9 Å². The van der Waals surface area contributed by atoms with Crippen LogP contribution in [0.5, 0.6) is 11.5 Å². The van der Waals surface area contributed by atoms with E-state index < -0.39 is 23.9 Å². The lowest BCUT2D eigenvalue weighted by Gasteiger charge is -2.16. The highest BCUT2D eigenvalue weighted by Gasteiger charge is 2.16. The molecule has 2 aromatic carbocycles. The number of phenolic OH excluding ortho intramolecular Hbond substituents is 2. The molecule has 0 aliphatic heterocycles. The lowest BCUT2D eigenvalue weighted by atomic mass is 9.96. The highest BCUT2D eigenvalue weighted by Crippen LogP contribution is 2.31. The van der Waals surface area contributed by atoms with Crippen molar-refractivity contribution in [1.82, 2.24) is 0 Å². The molecule has 188 valence electrons. The third kappa shape index (κ3) is 8.65. The molecule has 0 aliphatic carbocycles. The molecule has 2 aromatic rings. The fraction of sp³-hybridized carbons (Fsp3) is 0.360. The summed E-state index contributed by atoms with van der Waals surface area (Å²) in [5.41, 5.74) is 2.62. The Balaban J connectivity index is 2.47. The molecule has 0 saturated carbocycles. The minimum absolute atomic E-state index is 0.159. The van der Waals surface area contributed by atoms with E-state index in [0.717, 1.165) is 0 Å². The monoisotopic (exact) mass is 488 g/mol. The maximum Gasteiger partial charge on any atom is 0.302 e. The fourth-order valence-corrected chi connectivity index (χ4v) is 3.26. The molecule has 0 amide bonds. The number of ether oxygens (including phenoxy) is 4. The maximum atomic E-state index is 11.3. The molecule has 10 nitrogen and oxygen atoms in total. The number of phenols is 2. The van der Waals surface area contributed by atoms with Crippen molar-refractivity contribution >= 4 is 23.9 Å². The number of esters is 4. The molecule has 0 bridgehead atoms. The minimum atomic E-state index is -0.528. The molecule has 0 atom stereocenters. The molecule has 0 radical (unpaired) electrons. The molecule has 0 heterocycles. The van der Waals surface area contributed by atoms with Gasteiger partial charge in [0.05, 0.1) is 0 Å². The molecule has 0 spiro atoms. The van der Waals surface area contributed by atoms with Gasteiger partial charge < -0.3 is 29.2 Å². The number of hydrogen-bond donors (Lipinski definition) is 2. The van der Waals surface area contributed by atoms with Crippen molar-refractivity contribution < 1.29 is 48.3 Å². The summed E-state index contributed by atoms with van der Waals surface area (Å²) in [4.78, 5) is 45.0. The largest absolute Gasteiger partial charge is 0.507 e. The average Bonchev–Trinajstić information content (AvgIpc) is 2.76. The maximum absolute atomic E-state index is 11.3. The first-order valence-corrected chi connectivity index (χ1v) is 10.7. The van der Waals surface area contributed by atoms with Crippen molar-refractivity contribution in [3.63, 3.8) is 0 Å². The van der Waals surface area contributed by atoms with Crippen molar-refractivity contribution in [2.24, 2.45) is 0 Å². The zero-order chi connectivity index (χ0) is 26.1. The SMILES string of the molecule is CC(=O)OCc1cc(Cc2cc(COC(C)=O)c(O)c(COC(C)=O)c2)cc(COC(C)=O)c1O. The Bertz CT molecular complexity index is 954. The number of aromatic hydroxyl groups is 2. The normalized spacial score (nSPS) is 10.4. The molecule has 2 rings (SSSR count). The standard InChI is InChI=1S/C25H28O10/c1-14(26)32-10-20-6-18(7-21(24(20)30)11-33-15(2)27)5-19-8-22(12-34-16(3)28)25(31)23(9-19)13-35-17(4)29/h6-9,30-31H,5,10-13H2,1-4H3. The van der Waals surface area contributed by atoms with E-state index in [1.807, 2.05) is 0 Å². The van der Waals surface area contributed by atoms with Crippen molar-refractivity contribution in [3.8, 4) is 11.5 Å². The molecule has 0 unspecified atom stereocenters. The van der Waals surface area contributed by atoms with Crippen LogP contribution in [-0.4, -0.2) is 34.1 Å². The van der Waals surface area contributed by atoms with Gasteiger partial charge in [-0.25, -0.2) is 0 Å². The lowest BCUT2D eigenvalue weighted by Crippen LogP contribution is -2.06. The van der Waals surface area contributed by atoms with Gasteiger partial charge in [0.25, 0.3) is 0 Å². The van der Waals surface area contributed by atoms with Gasteiger partial charge >= 0.3 is 23.9 Å². The van der Waals surface area contributed by atoms with Crippen LogP contribution in [0, 0.1) is 0 Å². The van der Waals surface area contributed by atoms with Gasteiger partial charge in [0, 0.05) is 49.9 Å². The van der Waals surface area contributed by atoms with Gasteiger partial charge in [0.2, 0.25) is 0 Å². The molecule has 0 fully saturated rings. The Kier molecular flexibility index (Phi) is 9.63. The Labute approximate surface area is 202 Å². The second-order valence-electron chi connectivity index (χ2n) is 7.82. The van der Waals surface area contributed by atoms with E-state index in [1.54, 1.807) is 24.3 Å². The zero-order valence-electron chi connectivity index (χ0n) is 20.0. The first-order chi connectivity index (χ1) is 16.5. The predicted octanol–water partition coefficient (Wildman–Crippen LogP) is 2.94. The molecule has 0 aliphatic rings. The van der Waals surface area contributed by atoms with Crippen LogP contribution in [0.4, 0.5) is 0 Å². The third-order valence-electron chi connectivity index (χ3n) is 4.79. The van der Waals surface area contributed by atoms with Gasteiger partial charge in [-0.3, -0.25) is 19.2 Å². The third-order valence-corrected chi connectivity index (χ3v) is 4.79. The van der Waals surface area contributed by atoms with E-state index >= 15 is 0 Å². The number of carbonyl (C=O) groups excluding carboxylic acids is 4. The summed E-state index contributed by atoms with van der Waals surface area (Å²) in [6.07, 6.45) is 0.279. The van der Waals surface area contributed by atoms with Crippen molar-refractivity contribution in [3.05, 3.63) is 57.6 Å². The second-order valence-corrected chi connectivity index (χ2v) is 7.82. The summed E-state index contributed by atoms with van der Waals surface area (Å²) >= 11 is 0. The number of benzene rings is 2. The molecule has 35 heavy (non-hydrogen) atoms. The van der Waals surface area contributed by atoms with Crippen LogP contribution in [0.2, 0.25) is 0 Å². The number of hydrogen-bond acceptors (Lipinski definition) is 10. The van der Waals surface area contributed by atoms with Gasteiger partial charge in [0.1, 0.15) is 37.9 Å². The van der Waals surface area contributed by atoms with Crippen molar-refractivity contribution in [2.45, 2.75) is 60.5 Å². The Hall–Kier alpha value is -4.08. The summed E-state index contributed by atoms with van der Waals surface area (Å²) in [6.45, 7) is 4.22. The van der Waals surface area contributed by atoms with Crippen LogP contribution in [0.25, 0.3) is 0 Å². The molecule has 2 N–H and O–H groups in total. The minimum Gasteiger partial charge on any atom is -0.507 e. The van der Waals surface area contributed by atoms with Gasteiger partial charge in [-0.15, -0.1) is 0 Å². The van der Waals surface area contributed by atoms with Gasteiger partial charge in [0.15, 0.2) is 0 Å². The van der Waals surface area contributed by atoms with Crippen LogP contribution in [0.15, 0.2) is 24.3 Å². The molecule has 0 aromatic heterocycles. The van der Waals surface area contributed by atoms with E-state index in [9.17, 15) is 29.4 Å². The summed E-state index contributed by atoms with van der Waals surface area (Å²) < 4.78 is 20.1. The van der Waals surface area contributed by atoms with Crippen LogP contribution < -0.4 is 0 Å². The molecule has 10 heteroatoms. The van der Waals surface area contributed by atoms with Gasteiger partial charge in [-0.05, 0) is 41.8 Å². The number of rotatable bonds is 10. The highest BCUT2D eigenvalue weighted by atomic mass is 16.5. The van der Waals surface area contributed by atoms with Crippen LogP contribution in [-0.2, 0) is 71.0 Å². The van der Waals surface area contributed by atoms with Crippen LogP contribution in [0.1, 0.15) is 61.1 Å². The fourth-order valence-electron chi connectivity index (χ4n) is 3.26. The van der Waals surface area contributed by atoms with Crippen LogP contribution >= 0.6 is 0 Å². The van der Waals surface area contributed by atoms with E-state index in [0.29, 0.717) is 33.4 Å². The van der Waals surface area contributed by atoms with E-state index in [1.165, 1.54) is 27.7 Å². The first kappa shape index (κ1) is 27.2. The zero-order valence-corrected chi connectivity index (χ0v) is 20.0. The van der Waals surface area contributed by atoms with E-state index in [-0.39, 0.29) is 44.3 Å². The molecule has 0 saturated heterocycles. The van der Waals surface area contributed by atoms with Crippen molar-refractivity contribution in [2.75, 3.05) is 0 Å². The van der Waals surface area contributed by atoms with E-state index in [2.05, 4.69) is 0 Å². The lowest BCUT2D eigenvalue weighted by molar-refractivity contribution is -0.143. The summed E-state index contributed by atoms with van der Waals surface area (Å²) in [5, 5.41) is 21.1. The molecular formula is C25H28O10. The van der Waals surface area contributed by atoms with Gasteiger partial charge in [-0.1, -0.05) is 0 Å². The van der Waals surface area contributed by atoms with Crippen molar-refractivity contribution in [1.29, 1.82) is 0 Å². The summed E-state index contributed by atoms with van der Waals surface area (Å²) in [7, 11) is 0. The number of carbonyl (C=O) groups is 4. The highest BCUT2D eigenvalue weighted by molar-refractivity contribution is 5.67. The quantitative estimate of drug-likeness (QED) is 0.378. The predicted molar refractivity (Wildman–Crippen MR) is 121 cm³/mol. The average molecular weight is 488 g/mol. The summed E-state index contributed by atoms with van der Waals surface area (Å²) in [6, 6.07) is 6.56. The van der Waals surface area contributed by atoms with Crippen LogP contribution in [0.3, 0.4) is 0 Å². The van der Waals surface area contributed by atoms with Gasteiger partial charge in [-0.2, -0.15) is 0 Å². The molecular weight excluding hydrogens is 460 g/mol. The Morgan fingerprint density at radius 3 is 0.971 bits per heavy atom.